The first kappa shape index (κ1) is 14.9. The number of hydrazone groups is 1. The first-order valence-electron chi connectivity index (χ1n) is 6.71. The minimum atomic E-state index is -0.599. The molecule has 0 aliphatic carbocycles. The van der Waals surface area contributed by atoms with Gasteiger partial charge in [0, 0.05) is 5.02 Å². The molecule has 2 aromatic carbocycles. The Morgan fingerprint density at radius 2 is 1.91 bits per heavy atom. The molecule has 0 bridgehead atoms. The molecule has 0 atom stereocenters. The van der Waals surface area contributed by atoms with Crippen LogP contribution in [0, 0.1) is 0 Å². The van der Waals surface area contributed by atoms with E-state index >= 15 is 0 Å². The van der Waals surface area contributed by atoms with Crippen molar-refractivity contribution in [3.63, 3.8) is 0 Å². The predicted molar refractivity (Wildman–Crippen MR) is 88.9 cm³/mol. The van der Waals surface area contributed by atoms with Gasteiger partial charge in [-0.3, -0.25) is 9.59 Å². The number of carbonyl (C=O) groups is 1. The lowest BCUT2D eigenvalue weighted by Gasteiger charge is -2.01. The van der Waals surface area contributed by atoms with Crippen LogP contribution in [-0.2, 0) is 0 Å². The third-order valence-corrected chi connectivity index (χ3v) is 3.33. The Bertz CT molecular complexity index is 948. The van der Waals surface area contributed by atoms with Crippen molar-refractivity contribution in [2.45, 2.75) is 0 Å². The van der Waals surface area contributed by atoms with Crippen LogP contribution >= 0.6 is 11.6 Å². The number of aromatic nitrogens is 2. The lowest BCUT2D eigenvalue weighted by atomic mass is 10.2. The zero-order chi connectivity index (χ0) is 16.2. The number of nitrogens with one attached hydrogen (secondary N) is 2. The molecule has 0 aliphatic rings. The third-order valence-electron chi connectivity index (χ3n) is 3.08. The fourth-order valence-electron chi connectivity index (χ4n) is 1.96. The van der Waals surface area contributed by atoms with Crippen LogP contribution < -0.4 is 11.0 Å². The normalized spacial score (nSPS) is 11.0. The molecule has 1 heterocycles. The molecule has 0 unspecified atom stereocenters. The monoisotopic (exact) mass is 326 g/mol. The highest BCUT2D eigenvalue weighted by atomic mass is 35.5. The van der Waals surface area contributed by atoms with Crippen molar-refractivity contribution in [3.05, 3.63) is 75.3 Å². The average molecular weight is 327 g/mol. The number of fused-ring (bicyclic) bond motifs is 1. The second kappa shape index (κ2) is 6.41. The van der Waals surface area contributed by atoms with Gasteiger partial charge in [0.2, 0.25) is 5.82 Å². The molecule has 3 rings (SSSR count). The zero-order valence-corrected chi connectivity index (χ0v) is 12.5. The van der Waals surface area contributed by atoms with Gasteiger partial charge in [-0.05, 0) is 29.8 Å². The van der Waals surface area contributed by atoms with E-state index in [0.29, 0.717) is 15.9 Å². The van der Waals surface area contributed by atoms with Gasteiger partial charge in [0.25, 0.3) is 5.56 Å². The standard InChI is InChI=1S/C16H11ClN4O2/c17-11-7-5-10(6-8-11)9-18-21-16(23)14-19-13-4-2-1-3-12(13)15(22)20-14/h1-9H,(H,21,23)(H,19,20,22)/b18-9+. The molecule has 1 aromatic heterocycles. The molecule has 114 valence electrons. The summed E-state index contributed by atoms with van der Waals surface area (Å²) in [6.45, 7) is 0. The lowest BCUT2D eigenvalue weighted by molar-refractivity contribution is 0.0945. The van der Waals surface area contributed by atoms with Gasteiger partial charge in [0.05, 0.1) is 17.1 Å². The van der Waals surface area contributed by atoms with E-state index in [0.717, 1.165) is 5.56 Å². The molecule has 6 nitrogen and oxygen atoms in total. The fraction of sp³-hybridized carbons (Fsp3) is 0. The highest BCUT2D eigenvalue weighted by Gasteiger charge is 2.10. The van der Waals surface area contributed by atoms with Crippen LogP contribution in [0.1, 0.15) is 16.2 Å². The Hall–Kier alpha value is -2.99. The summed E-state index contributed by atoms with van der Waals surface area (Å²) < 4.78 is 0. The average Bonchev–Trinajstić information content (AvgIpc) is 2.56. The van der Waals surface area contributed by atoms with Crippen LogP contribution in [0.3, 0.4) is 0 Å². The van der Waals surface area contributed by atoms with Gasteiger partial charge >= 0.3 is 5.91 Å². The third kappa shape index (κ3) is 3.44. The molecule has 0 aliphatic heterocycles. The van der Waals surface area contributed by atoms with Crippen molar-refractivity contribution in [3.8, 4) is 0 Å². The van der Waals surface area contributed by atoms with E-state index in [1.807, 2.05) is 0 Å². The number of halogens is 1. The fourth-order valence-corrected chi connectivity index (χ4v) is 2.09. The summed E-state index contributed by atoms with van der Waals surface area (Å²) in [5, 5.41) is 4.87. The van der Waals surface area contributed by atoms with E-state index in [4.69, 9.17) is 11.6 Å². The van der Waals surface area contributed by atoms with E-state index in [-0.39, 0.29) is 11.4 Å². The molecule has 23 heavy (non-hydrogen) atoms. The Kier molecular flexibility index (Phi) is 4.16. The van der Waals surface area contributed by atoms with Crippen LogP contribution in [0.4, 0.5) is 0 Å². The number of hydrogen-bond donors (Lipinski definition) is 2. The Labute approximate surface area is 135 Å². The number of benzene rings is 2. The molecule has 0 saturated carbocycles. The Morgan fingerprint density at radius 3 is 2.70 bits per heavy atom. The van der Waals surface area contributed by atoms with E-state index in [9.17, 15) is 9.59 Å². The van der Waals surface area contributed by atoms with Crippen molar-refractivity contribution in [2.24, 2.45) is 5.10 Å². The summed E-state index contributed by atoms with van der Waals surface area (Å²) in [4.78, 5) is 30.5. The smallest absolute Gasteiger partial charge is 0.302 e. The van der Waals surface area contributed by atoms with Gasteiger partial charge in [-0.1, -0.05) is 35.9 Å². The van der Waals surface area contributed by atoms with E-state index in [1.165, 1.54) is 6.21 Å². The first-order chi connectivity index (χ1) is 11.1. The number of para-hydroxylation sites is 1. The maximum Gasteiger partial charge on any atom is 0.307 e. The van der Waals surface area contributed by atoms with Crippen LogP contribution in [0.2, 0.25) is 5.02 Å². The molecule has 7 heteroatoms. The molecule has 0 radical (unpaired) electrons. The molecule has 2 N–H and O–H groups in total. The zero-order valence-electron chi connectivity index (χ0n) is 11.8. The maximum absolute atomic E-state index is 12.0. The summed E-state index contributed by atoms with van der Waals surface area (Å²) in [5.41, 5.74) is 3.17. The molecule has 1 amide bonds. The van der Waals surface area contributed by atoms with Crippen molar-refractivity contribution in [1.82, 2.24) is 15.4 Å². The van der Waals surface area contributed by atoms with E-state index < -0.39 is 5.91 Å². The summed E-state index contributed by atoms with van der Waals surface area (Å²) >= 11 is 5.78. The minimum absolute atomic E-state index is 0.0954. The molecular weight excluding hydrogens is 316 g/mol. The van der Waals surface area contributed by atoms with Crippen LogP contribution in [0.25, 0.3) is 10.9 Å². The number of hydrogen-bond acceptors (Lipinski definition) is 4. The predicted octanol–water partition coefficient (Wildman–Crippen LogP) is 2.34. The second-order valence-electron chi connectivity index (χ2n) is 4.68. The largest absolute Gasteiger partial charge is 0.307 e. The van der Waals surface area contributed by atoms with E-state index in [1.54, 1.807) is 48.5 Å². The molecule has 0 saturated heterocycles. The highest BCUT2D eigenvalue weighted by Crippen LogP contribution is 2.08. The van der Waals surface area contributed by atoms with Crippen molar-refractivity contribution in [2.75, 3.05) is 0 Å². The number of nitrogens with zero attached hydrogens (tertiary/aromatic N) is 2. The first-order valence-corrected chi connectivity index (χ1v) is 7.09. The number of H-pyrrole nitrogens is 1. The summed E-state index contributed by atoms with van der Waals surface area (Å²) in [6.07, 6.45) is 1.47. The highest BCUT2D eigenvalue weighted by molar-refractivity contribution is 6.30. The quantitative estimate of drug-likeness (QED) is 0.572. The number of aromatic amines is 1. The maximum atomic E-state index is 12.0. The van der Waals surface area contributed by atoms with Crippen LogP contribution in [0.15, 0.2) is 58.4 Å². The summed E-state index contributed by atoms with van der Waals surface area (Å²) in [5.74, 6) is -0.694. The second-order valence-corrected chi connectivity index (χ2v) is 5.12. The van der Waals surface area contributed by atoms with E-state index in [2.05, 4.69) is 20.5 Å². The van der Waals surface area contributed by atoms with Gasteiger partial charge < -0.3 is 4.98 Å². The van der Waals surface area contributed by atoms with Crippen LogP contribution in [-0.4, -0.2) is 22.1 Å². The van der Waals surface area contributed by atoms with Gasteiger partial charge in [-0.25, -0.2) is 10.4 Å². The number of amides is 1. The van der Waals surface area contributed by atoms with Crippen LogP contribution in [0.5, 0.6) is 0 Å². The molecule has 3 aromatic rings. The molecule has 0 fully saturated rings. The number of rotatable bonds is 3. The summed E-state index contributed by atoms with van der Waals surface area (Å²) in [7, 11) is 0. The van der Waals surface area contributed by atoms with Gasteiger partial charge in [-0.2, -0.15) is 5.10 Å². The Morgan fingerprint density at radius 1 is 1.17 bits per heavy atom. The SMILES string of the molecule is O=C(N/N=C/c1ccc(Cl)cc1)c1nc2ccccc2c(=O)[nH]1. The lowest BCUT2D eigenvalue weighted by Crippen LogP contribution is -2.24. The molecular formula is C16H11ClN4O2. The minimum Gasteiger partial charge on any atom is -0.302 e. The van der Waals surface area contributed by atoms with Crippen molar-refractivity contribution >= 4 is 34.6 Å². The van der Waals surface area contributed by atoms with Gasteiger partial charge in [0.1, 0.15) is 0 Å². The van der Waals surface area contributed by atoms with Crippen molar-refractivity contribution < 1.29 is 4.79 Å². The van der Waals surface area contributed by atoms with Gasteiger partial charge in [0.15, 0.2) is 0 Å². The summed E-state index contributed by atoms with van der Waals surface area (Å²) in [6, 6.07) is 13.7. The van der Waals surface area contributed by atoms with Gasteiger partial charge in [-0.15, -0.1) is 0 Å². The molecule has 0 spiro atoms. The Balaban J connectivity index is 1.78. The van der Waals surface area contributed by atoms with Crippen molar-refractivity contribution in [1.29, 1.82) is 0 Å². The number of carbonyl (C=O) groups excluding carboxylic acids is 1. The topological polar surface area (TPSA) is 87.2 Å².